The summed E-state index contributed by atoms with van der Waals surface area (Å²) in [6, 6.07) is 7.47. The van der Waals surface area contributed by atoms with Gasteiger partial charge in [-0.25, -0.2) is 4.79 Å². The monoisotopic (exact) mass is 406 g/mol. The van der Waals surface area contributed by atoms with Gasteiger partial charge in [-0.1, -0.05) is 18.2 Å². The average Bonchev–Trinajstić information content (AvgIpc) is 2.62. The average molecular weight is 406 g/mol. The fraction of sp³-hybridized carbons (Fsp3) is 0.273. The molecule has 0 aliphatic heterocycles. The van der Waals surface area contributed by atoms with Gasteiger partial charge in [0.05, 0.1) is 5.56 Å². The van der Waals surface area contributed by atoms with Crippen molar-refractivity contribution in [3.8, 4) is 5.75 Å². The molecule has 0 atom stereocenters. The molecule has 154 valence electrons. The highest BCUT2D eigenvalue weighted by Crippen LogP contribution is 2.30. The lowest BCUT2D eigenvalue weighted by Gasteiger charge is -2.24. The number of benzene rings is 2. The van der Waals surface area contributed by atoms with Gasteiger partial charge in [0.1, 0.15) is 5.75 Å². The molecule has 2 aromatic carbocycles. The molecule has 2 rings (SSSR count). The van der Waals surface area contributed by atoms with Gasteiger partial charge in [0.2, 0.25) is 0 Å². The molecule has 1 N–H and O–H groups in total. The first-order chi connectivity index (χ1) is 13.3. The van der Waals surface area contributed by atoms with E-state index < -0.39 is 29.1 Å². The summed E-state index contributed by atoms with van der Waals surface area (Å²) >= 11 is 0. The molecular formula is C22H21F3O4. The molecular weight excluding hydrogens is 385 g/mol. The number of aryl methyl sites for hydroxylation is 2. The number of allylic oxidation sites excluding steroid dienone is 1. The first kappa shape index (κ1) is 22.2. The number of carboxylic acids is 1. The second-order valence-electron chi connectivity index (χ2n) is 7.17. The van der Waals surface area contributed by atoms with Crippen LogP contribution in [0, 0.1) is 13.8 Å². The molecule has 0 aromatic heterocycles. The standard InChI is InChI=1S/C22H21F3O4/c1-13-11-15(12-14(2)19(13)29-21(3,4)20(27)28)5-10-18(26)16-6-8-17(9-7-16)22(23,24)25/h5-12H,1-4H3,(H,27,28). The van der Waals surface area contributed by atoms with Crippen molar-refractivity contribution in [2.75, 3.05) is 0 Å². The van der Waals surface area contributed by atoms with Crippen LogP contribution in [0.25, 0.3) is 6.08 Å². The zero-order valence-electron chi connectivity index (χ0n) is 16.4. The summed E-state index contributed by atoms with van der Waals surface area (Å²) < 4.78 is 43.4. The van der Waals surface area contributed by atoms with Crippen molar-refractivity contribution in [3.63, 3.8) is 0 Å². The fourth-order valence-corrected chi connectivity index (χ4v) is 2.63. The molecule has 0 bridgehead atoms. The van der Waals surface area contributed by atoms with Crippen LogP contribution >= 0.6 is 0 Å². The van der Waals surface area contributed by atoms with Gasteiger partial charge in [-0.2, -0.15) is 13.2 Å². The van der Waals surface area contributed by atoms with E-state index in [1.165, 1.54) is 19.9 Å². The predicted octanol–water partition coefficient (Wildman–Crippen LogP) is 5.46. The zero-order valence-corrected chi connectivity index (χ0v) is 16.4. The van der Waals surface area contributed by atoms with E-state index in [0.29, 0.717) is 22.4 Å². The summed E-state index contributed by atoms with van der Waals surface area (Å²) in [6.45, 7) is 6.42. The van der Waals surface area contributed by atoms with Crippen LogP contribution in [0.15, 0.2) is 42.5 Å². The Labute approximate surface area is 166 Å². The SMILES string of the molecule is Cc1cc(C=CC(=O)c2ccc(C(F)(F)F)cc2)cc(C)c1OC(C)(C)C(=O)O. The molecule has 4 nitrogen and oxygen atoms in total. The van der Waals surface area contributed by atoms with Crippen LogP contribution in [-0.4, -0.2) is 22.5 Å². The first-order valence-electron chi connectivity index (χ1n) is 8.74. The Bertz CT molecular complexity index is 932. The minimum Gasteiger partial charge on any atom is -0.478 e. The maximum atomic E-state index is 12.6. The topological polar surface area (TPSA) is 63.6 Å². The minimum absolute atomic E-state index is 0.144. The molecule has 0 radical (unpaired) electrons. The van der Waals surface area contributed by atoms with Gasteiger partial charge in [0.25, 0.3) is 0 Å². The molecule has 0 saturated carbocycles. The number of aliphatic carboxylic acids is 1. The largest absolute Gasteiger partial charge is 0.478 e. The number of ether oxygens (including phenoxy) is 1. The van der Waals surface area contributed by atoms with E-state index in [0.717, 1.165) is 24.3 Å². The Morgan fingerprint density at radius 2 is 1.52 bits per heavy atom. The van der Waals surface area contributed by atoms with E-state index in [9.17, 15) is 27.9 Å². The Balaban J connectivity index is 2.20. The Kier molecular flexibility index (Phi) is 6.21. The molecule has 0 unspecified atom stereocenters. The Morgan fingerprint density at radius 3 is 1.97 bits per heavy atom. The molecule has 0 heterocycles. The van der Waals surface area contributed by atoms with Crippen molar-refractivity contribution in [2.24, 2.45) is 0 Å². The third-order valence-electron chi connectivity index (χ3n) is 4.28. The summed E-state index contributed by atoms with van der Waals surface area (Å²) in [5.41, 5.74) is 0.00321. The molecule has 29 heavy (non-hydrogen) atoms. The highest BCUT2D eigenvalue weighted by atomic mass is 19.4. The molecule has 0 spiro atoms. The van der Waals surface area contributed by atoms with E-state index in [4.69, 9.17) is 4.74 Å². The molecule has 0 aliphatic carbocycles. The van der Waals surface area contributed by atoms with Crippen molar-refractivity contribution in [3.05, 3.63) is 70.3 Å². The van der Waals surface area contributed by atoms with E-state index in [1.54, 1.807) is 32.1 Å². The molecule has 0 amide bonds. The quantitative estimate of drug-likeness (QED) is 0.511. The van der Waals surface area contributed by atoms with Crippen molar-refractivity contribution in [1.29, 1.82) is 0 Å². The smallest absolute Gasteiger partial charge is 0.416 e. The van der Waals surface area contributed by atoms with E-state index in [2.05, 4.69) is 0 Å². The first-order valence-corrected chi connectivity index (χ1v) is 8.74. The predicted molar refractivity (Wildman–Crippen MR) is 103 cm³/mol. The Hall–Kier alpha value is -3.09. The van der Waals surface area contributed by atoms with Gasteiger partial charge in [-0.05, 0) is 74.7 Å². The van der Waals surface area contributed by atoms with Crippen LogP contribution in [0.3, 0.4) is 0 Å². The summed E-state index contributed by atoms with van der Waals surface area (Å²) in [5.74, 6) is -1.08. The highest BCUT2D eigenvalue weighted by Gasteiger charge is 2.31. The van der Waals surface area contributed by atoms with Crippen LogP contribution in [0.2, 0.25) is 0 Å². The third-order valence-corrected chi connectivity index (χ3v) is 4.28. The summed E-state index contributed by atoms with van der Waals surface area (Å²) in [6.07, 6.45) is -1.63. The number of carbonyl (C=O) groups excluding carboxylic acids is 1. The lowest BCUT2D eigenvalue weighted by Crippen LogP contribution is -2.38. The number of carboxylic acid groups (broad SMARTS) is 1. The van der Waals surface area contributed by atoms with Crippen molar-refractivity contribution < 1.29 is 32.6 Å². The lowest BCUT2D eigenvalue weighted by molar-refractivity contribution is -0.152. The zero-order chi connectivity index (χ0) is 22.0. The molecule has 0 aliphatic rings. The molecule has 2 aromatic rings. The van der Waals surface area contributed by atoms with Gasteiger partial charge >= 0.3 is 12.1 Å². The van der Waals surface area contributed by atoms with Gasteiger partial charge in [-0.15, -0.1) is 0 Å². The van der Waals surface area contributed by atoms with Crippen molar-refractivity contribution >= 4 is 17.8 Å². The van der Waals surface area contributed by atoms with Crippen molar-refractivity contribution in [1.82, 2.24) is 0 Å². The number of ketones is 1. The number of alkyl halides is 3. The third kappa shape index (κ3) is 5.47. The maximum Gasteiger partial charge on any atom is 0.416 e. The van der Waals surface area contributed by atoms with Gasteiger partial charge in [0.15, 0.2) is 11.4 Å². The van der Waals surface area contributed by atoms with Gasteiger partial charge < -0.3 is 9.84 Å². The van der Waals surface area contributed by atoms with Crippen LogP contribution < -0.4 is 4.74 Å². The van der Waals surface area contributed by atoms with Crippen LogP contribution in [0.1, 0.15) is 46.5 Å². The van der Waals surface area contributed by atoms with Crippen LogP contribution in [0.5, 0.6) is 5.75 Å². The highest BCUT2D eigenvalue weighted by molar-refractivity contribution is 6.06. The molecule has 0 saturated heterocycles. The second kappa shape index (κ2) is 8.11. The number of hydrogen-bond donors (Lipinski definition) is 1. The number of carbonyl (C=O) groups is 2. The fourth-order valence-electron chi connectivity index (χ4n) is 2.63. The maximum absolute atomic E-state index is 12.6. The summed E-state index contributed by atoms with van der Waals surface area (Å²) in [7, 11) is 0. The molecule has 0 fully saturated rings. The molecule has 7 heteroatoms. The van der Waals surface area contributed by atoms with E-state index in [-0.39, 0.29) is 5.56 Å². The van der Waals surface area contributed by atoms with Gasteiger partial charge in [0, 0.05) is 5.56 Å². The Morgan fingerprint density at radius 1 is 1.00 bits per heavy atom. The van der Waals surface area contributed by atoms with Gasteiger partial charge in [-0.3, -0.25) is 4.79 Å². The summed E-state index contributed by atoms with van der Waals surface area (Å²) in [4.78, 5) is 23.5. The van der Waals surface area contributed by atoms with Crippen LogP contribution in [-0.2, 0) is 11.0 Å². The second-order valence-corrected chi connectivity index (χ2v) is 7.17. The summed E-state index contributed by atoms with van der Waals surface area (Å²) in [5, 5.41) is 9.22. The normalized spacial score (nSPS) is 12.2. The van der Waals surface area contributed by atoms with Crippen LogP contribution in [0.4, 0.5) is 13.2 Å². The van der Waals surface area contributed by atoms with Crippen molar-refractivity contribution in [2.45, 2.75) is 39.5 Å². The number of halogens is 3. The van der Waals surface area contributed by atoms with E-state index in [1.807, 2.05) is 0 Å². The number of hydrogen-bond acceptors (Lipinski definition) is 3. The number of rotatable bonds is 6. The lowest BCUT2D eigenvalue weighted by atomic mass is 10.0. The minimum atomic E-state index is -4.45. The van der Waals surface area contributed by atoms with E-state index >= 15 is 0 Å².